The summed E-state index contributed by atoms with van der Waals surface area (Å²) in [5, 5.41) is 8.95. The van der Waals surface area contributed by atoms with Gasteiger partial charge in [-0.15, -0.1) is 11.3 Å². The minimum Gasteiger partial charge on any atom is -0.309 e. The van der Waals surface area contributed by atoms with Crippen LogP contribution in [-0.4, -0.2) is 24.1 Å². The van der Waals surface area contributed by atoms with E-state index in [9.17, 15) is 0 Å². The zero-order chi connectivity index (χ0) is 53.4. The van der Waals surface area contributed by atoms with Gasteiger partial charge in [0.2, 0.25) is 0 Å². The Balaban J connectivity index is 0.000000105. The van der Waals surface area contributed by atoms with Gasteiger partial charge in [-0.2, -0.15) is 0 Å². The summed E-state index contributed by atoms with van der Waals surface area (Å²) >= 11 is 19.2. The van der Waals surface area contributed by atoms with Crippen LogP contribution in [0.2, 0.25) is 0 Å². The van der Waals surface area contributed by atoms with Gasteiger partial charge in [0.15, 0.2) is 0 Å². The highest BCUT2D eigenvalue weighted by atomic mass is 79.9. The molecule has 15 aromatic rings. The van der Waals surface area contributed by atoms with Crippen molar-refractivity contribution in [1.29, 1.82) is 0 Å². The summed E-state index contributed by atoms with van der Waals surface area (Å²) in [5.74, 6) is 0. The van der Waals surface area contributed by atoms with Gasteiger partial charge in [-0.25, -0.2) is 0 Å². The van der Waals surface area contributed by atoms with Crippen LogP contribution < -0.4 is 0 Å². The smallest absolute Gasteiger partial charge is 0.0724 e. The van der Waals surface area contributed by atoms with E-state index in [-0.39, 0.29) is 0 Å². The first kappa shape index (κ1) is 52.9. The van der Waals surface area contributed by atoms with Crippen molar-refractivity contribution in [2.75, 3.05) is 0 Å². The van der Waals surface area contributed by atoms with E-state index in [2.05, 4.69) is 292 Å². The molecular formula is C67H44Br5N5S. The monoisotopic (exact) mass is 1340 g/mol. The number of fused-ring (bicyclic) bond motifs is 10. The molecule has 0 saturated carbocycles. The van der Waals surface area contributed by atoms with Crippen LogP contribution in [0, 0.1) is 0 Å². The van der Waals surface area contributed by atoms with Crippen LogP contribution in [-0.2, 0) is 0 Å². The van der Waals surface area contributed by atoms with Crippen molar-refractivity contribution >= 4 is 166 Å². The fraction of sp³-hybridized carbons (Fsp3) is 0. The minimum absolute atomic E-state index is 1.01. The molecule has 0 aliphatic rings. The van der Waals surface area contributed by atoms with Gasteiger partial charge in [-0.3, -0.25) is 15.0 Å². The Bertz CT molecular complexity index is 4430. The van der Waals surface area contributed by atoms with E-state index in [1.807, 2.05) is 78.5 Å². The van der Waals surface area contributed by atoms with Gasteiger partial charge >= 0.3 is 0 Å². The Hall–Kier alpha value is -7.09. The Labute approximate surface area is 497 Å². The maximum absolute atomic E-state index is 4.28. The Morgan fingerprint density at radius 1 is 0.308 bits per heavy atom. The van der Waals surface area contributed by atoms with E-state index in [1.54, 1.807) is 12.4 Å². The van der Waals surface area contributed by atoms with Crippen LogP contribution in [0.25, 0.3) is 97.2 Å². The van der Waals surface area contributed by atoms with Gasteiger partial charge in [-0.05, 0) is 143 Å². The van der Waals surface area contributed by atoms with E-state index in [0.29, 0.717) is 0 Å². The molecule has 0 aliphatic heterocycles. The number of para-hydroxylation sites is 3. The first-order chi connectivity index (χ1) is 38.3. The number of aromatic nitrogens is 5. The van der Waals surface area contributed by atoms with Gasteiger partial charge in [0.05, 0.1) is 33.8 Å². The van der Waals surface area contributed by atoms with Crippen molar-refractivity contribution < 1.29 is 0 Å². The third-order valence-electron chi connectivity index (χ3n) is 12.9. The highest BCUT2D eigenvalue weighted by Gasteiger charge is 2.13. The number of hydrogen-bond acceptors (Lipinski definition) is 4. The van der Waals surface area contributed by atoms with E-state index in [4.69, 9.17) is 0 Å². The van der Waals surface area contributed by atoms with Crippen molar-refractivity contribution in [2.24, 2.45) is 0 Å². The lowest BCUT2D eigenvalue weighted by Crippen LogP contribution is -1.93. The number of pyridine rings is 3. The van der Waals surface area contributed by atoms with Crippen LogP contribution >= 0.6 is 91.0 Å². The van der Waals surface area contributed by atoms with Gasteiger partial charge in [-0.1, -0.05) is 179 Å². The number of nitrogens with zero attached hydrogens (tertiary/aromatic N) is 5. The minimum atomic E-state index is 1.01. The summed E-state index contributed by atoms with van der Waals surface area (Å²) in [4.78, 5) is 12.6. The predicted molar refractivity (Wildman–Crippen MR) is 349 cm³/mol. The van der Waals surface area contributed by atoms with E-state index < -0.39 is 0 Å². The number of rotatable bonds is 3. The molecule has 0 atom stereocenters. The molecule has 78 heavy (non-hydrogen) atoms. The molecule has 6 heterocycles. The Morgan fingerprint density at radius 2 is 0.885 bits per heavy atom. The maximum atomic E-state index is 4.28. The summed E-state index contributed by atoms with van der Waals surface area (Å²) in [5.41, 5.74) is 10.5. The van der Waals surface area contributed by atoms with Crippen molar-refractivity contribution in [3.8, 4) is 22.5 Å². The molecule has 9 aromatic carbocycles. The van der Waals surface area contributed by atoms with Gasteiger partial charge < -0.3 is 9.13 Å². The normalized spacial score (nSPS) is 10.9. The molecule has 0 bridgehead atoms. The average molecular weight is 1350 g/mol. The predicted octanol–water partition coefficient (Wildman–Crippen LogP) is 21.8. The van der Waals surface area contributed by atoms with Crippen LogP contribution in [0.1, 0.15) is 0 Å². The lowest BCUT2D eigenvalue weighted by molar-refractivity contribution is 1.16. The molecule has 378 valence electrons. The molecule has 0 fully saturated rings. The molecule has 0 aliphatic carbocycles. The zero-order valence-electron chi connectivity index (χ0n) is 41.4. The first-order valence-electron chi connectivity index (χ1n) is 24.8. The van der Waals surface area contributed by atoms with Crippen LogP contribution in [0.5, 0.6) is 0 Å². The molecule has 0 saturated heterocycles. The van der Waals surface area contributed by atoms with Gasteiger partial charge in [0.1, 0.15) is 0 Å². The summed E-state index contributed by atoms with van der Waals surface area (Å²) < 4.78 is 12.7. The molecule has 5 nitrogen and oxygen atoms in total. The molecule has 0 spiro atoms. The molecule has 15 rings (SSSR count). The SMILES string of the molecule is Brc1ccc(-n2c3ccccc3c3ccccc32)cc1.Brc1ccc2ncccc2c1.Brc1ccc2sc3ccccc3c2c1.Brc1cccc(-n2c3ccccc3c3ccncc32)c1.Brc1cncc(-c2ccccc2)c1. The Kier molecular flexibility index (Phi) is 16.8. The maximum Gasteiger partial charge on any atom is 0.0724 e. The lowest BCUT2D eigenvalue weighted by atomic mass is 10.1. The molecule has 0 unspecified atom stereocenters. The standard InChI is InChI=1S/C18H12BrN.C17H11BrN2.C12H7BrS.C11H8BrN.C9H6BrN/c19-13-9-11-14(12-10-13)20-17-7-3-1-5-15(17)16-6-2-4-8-18(16)20;18-12-4-3-5-13(10-12)20-16-7-2-1-6-14(16)15-8-9-19-11-17(15)20;13-8-5-6-12-10(7-8)9-3-1-2-4-11(9)14-12;12-11-6-10(7-13-8-11)9-4-2-1-3-5-9;10-8-3-4-9-7(6-8)2-1-5-11-9/h1-12H;1-11H;1-7H;1-8H;1-6H. The van der Waals surface area contributed by atoms with Crippen molar-refractivity contribution in [2.45, 2.75) is 0 Å². The highest BCUT2D eigenvalue weighted by molar-refractivity contribution is 9.11. The summed E-state index contributed by atoms with van der Waals surface area (Å²) in [6, 6.07) is 81.7. The summed E-state index contributed by atoms with van der Waals surface area (Å²) in [6.45, 7) is 0. The quantitative estimate of drug-likeness (QED) is 0.177. The average Bonchev–Trinajstić information content (AvgIpc) is 4.26. The van der Waals surface area contributed by atoms with E-state index in [0.717, 1.165) is 44.6 Å². The third-order valence-corrected chi connectivity index (χ3v) is 16.5. The molecule has 6 aromatic heterocycles. The lowest BCUT2D eigenvalue weighted by Gasteiger charge is -2.07. The second-order valence-corrected chi connectivity index (χ2v) is 23.6. The molecule has 0 N–H and O–H groups in total. The number of hydrogen-bond donors (Lipinski definition) is 0. The Morgan fingerprint density at radius 3 is 1.58 bits per heavy atom. The van der Waals surface area contributed by atoms with Gasteiger partial charge in [0.25, 0.3) is 0 Å². The number of halogens is 5. The molecule has 0 amide bonds. The van der Waals surface area contributed by atoms with Crippen molar-refractivity contribution in [1.82, 2.24) is 24.1 Å². The summed E-state index contributed by atoms with van der Waals surface area (Å²) in [7, 11) is 0. The molecule has 0 radical (unpaired) electrons. The second kappa shape index (κ2) is 24.7. The molecule has 11 heteroatoms. The summed E-state index contributed by atoms with van der Waals surface area (Å²) in [6.07, 6.45) is 9.22. The van der Waals surface area contributed by atoms with Crippen LogP contribution in [0.4, 0.5) is 0 Å². The van der Waals surface area contributed by atoms with E-state index >= 15 is 0 Å². The largest absolute Gasteiger partial charge is 0.309 e. The topological polar surface area (TPSA) is 48.5 Å². The zero-order valence-corrected chi connectivity index (χ0v) is 50.2. The van der Waals surface area contributed by atoms with E-state index in [1.165, 1.54) is 74.9 Å². The van der Waals surface area contributed by atoms with Crippen molar-refractivity contribution in [3.05, 3.63) is 290 Å². The number of thiophene rings is 1. The van der Waals surface area contributed by atoms with Crippen LogP contribution in [0.3, 0.4) is 0 Å². The second-order valence-electron chi connectivity index (χ2n) is 17.9. The highest BCUT2D eigenvalue weighted by Crippen LogP contribution is 2.36. The first-order valence-corrected chi connectivity index (χ1v) is 29.6. The third kappa shape index (κ3) is 12.0. The fourth-order valence-corrected chi connectivity index (χ4v) is 12.3. The molecular weight excluding hydrogens is 1310 g/mol. The van der Waals surface area contributed by atoms with Crippen molar-refractivity contribution in [3.63, 3.8) is 0 Å². The van der Waals surface area contributed by atoms with Crippen LogP contribution in [0.15, 0.2) is 290 Å². The fourth-order valence-electron chi connectivity index (χ4n) is 9.45. The number of benzene rings is 9. The van der Waals surface area contributed by atoms with Gasteiger partial charge in [0, 0.05) is 111 Å².